The maximum atomic E-state index is 5.91. The molecule has 0 bridgehead atoms. The molecule has 1 heterocycles. The Morgan fingerprint density at radius 1 is 1.33 bits per heavy atom. The standard InChI is InChI=1S/C14H18ClN3/c1-11(2)7-16-8-12-5-3-4-6-14(12)18-10-13(15)9-17-18/h3-6,9-11,16H,7-8H2,1-2H3. The number of hydrogen-bond acceptors (Lipinski definition) is 2. The van der Waals surface area contributed by atoms with Crippen molar-refractivity contribution >= 4 is 11.6 Å². The van der Waals surface area contributed by atoms with Crippen LogP contribution in [0.2, 0.25) is 5.02 Å². The molecule has 0 fully saturated rings. The number of nitrogens with one attached hydrogen (secondary N) is 1. The van der Waals surface area contributed by atoms with Gasteiger partial charge < -0.3 is 5.32 Å². The first-order valence-electron chi connectivity index (χ1n) is 6.16. The van der Waals surface area contributed by atoms with Gasteiger partial charge in [0.15, 0.2) is 0 Å². The zero-order chi connectivity index (χ0) is 13.0. The molecule has 0 saturated carbocycles. The Hall–Kier alpha value is -1.32. The van der Waals surface area contributed by atoms with E-state index < -0.39 is 0 Å². The molecule has 96 valence electrons. The molecular formula is C14H18ClN3. The third kappa shape index (κ3) is 3.34. The largest absolute Gasteiger partial charge is 0.312 e. The van der Waals surface area contributed by atoms with Gasteiger partial charge in [-0.3, -0.25) is 0 Å². The Bertz CT molecular complexity index is 505. The molecule has 0 aliphatic carbocycles. The van der Waals surface area contributed by atoms with Crippen LogP contribution in [0.25, 0.3) is 5.69 Å². The fraction of sp³-hybridized carbons (Fsp3) is 0.357. The molecule has 0 aliphatic rings. The molecule has 4 heteroatoms. The summed E-state index contributed by atoms with van der Waals surface area (Å²) in [6.07, 6.45) is 3.47. The van der Waals surface area contributed by atoms with Gasteiger partial charge in [-0.25, -0.2) is 4.68 Å². The number of rotatable bonds is 5. The first kappa shape index (κ1) is 13.1. The topological polar surface area (TPSA) is 29.9 Å². The Kier molecular flexibility index (Phi) is 4.39. The van der Waals surface area contributed by atoms with Crippen LogP contribution < -0.4 is 5.32 Å². The molecule has 0 aliphatic heterocycles. The lowest BCUT2D eigenvalue weighted by Crippen LogP contribution is -2.20. The second kappa shape index (κ2) is 6.03. The number of benzene rings is 1. The maximum absolute atomic E-state index is 5.91. The highest BCUT2D eigenvalue weighted by Crippen LogP contribution is 2.16. The van der Waals surface area contributed by atoms with Crippen LogP contribution in [0.3, 0.4) is 0 Å². The van der Waals surface area contributed by atoms with E-state index in [0.29, 0.717) is 10.9 Å². The van der Waals surface area contributed by atoms with E-state index in [1.165, 1.54) is 5.56 Å². The van der Waals surface area contributed by atoms with Crippen molar-refractivity contribution in [1.29, 1.82) is 0 Å². The van der Waals surface area contributed by atoms with Crippen molar-refractivity contribution in [3.8, 4) is 5.69 Å². The highest BCUT2D eigenvalue weighted by atomic mass is 35.5. The molecule has 0 atom stereocenters. The predicted molar refractivity (Wildman–Crippen MR) is 75.1 cm³/mol. The van der Waals surface area contributed by atoms with E-state index in [1.807, 2.05) is 23.0 Å². The highest BCUT2D eigenvalue weighted by molar-refractivity contribution is 6.30. The molecule has 3 nitrogen and oxygen atoms in total. The van der Waals surface area contributed by atoms with Crippen LogP contribution in [0.15, 0.2) is 36.7 Å². The maximum Gasteiger partial charge on any atom is 0.0790 e. The Morgan fingerprint density at radius 3 is 2.78 bits per heavy atom. The average Bonchev–Trinajstić information content (AvgIpc) is 2.76. The molecule has 1 aromatic heterocycles. The first-order chi connectivity index (χ1) is 8.66. The van der Waals surface area contributed by atoms with Gasteiger partial charge in [0.25, 0.3) is 0 Å². The summed E-state index contributed by atoms with van der Waals surface area (Å²) in [5.41, 5.74) is 2.29. The minimum atomic E-state index is 0.649. The Morgan fingerprint density at radius 2 is 2.11 bits per heavy atom. The van der Waals surface area contributed by atoms with Crippen molar-refractivity contribution in [1.82, 2.24) is 15.1 Å². The normalized spacial score (nSPS) is 11.1. The van der Waals surface area contributed by atoms with Crippen LogP contribution in [-0.2, 0) is 6.54 Å². The van der Waals surface area contributed by atoms with Crippen molar-refractivity contribution in [2.75, 3.05) is 6.54 Å². The average molecular weight is 264 g/mol. The van der Waals surface area contributed by atoms with Gasteiger partial charge in [-0.2, -0.15) is 5.10 Å². The fourth-order valence-electron chi connectivity index (χ4n) is 1.81. The first-order valence-corrected chi connectivity index (χ1v) is 6.54. The summed E-state index contributed by atoms with van der Waals surface area (Å²) >= 11 is 5.91. The molecule has 18 heavy (non-hydrogen) atoms. The van der Waals surface area contributed by atoms with Gasteiger partial charge >= 0.3 is 0 Å². The lowest BCUT2D eigenvalue weighted by Gasteiger charge is -2.11. The van der Waals surface area contributed by atoms with Gasteiger partial charge in [0, 0.05) is 12.7 Å². The number of para-hydroxylation sites is 1. The summed E-state index contributed by atoms with van der Waals surface area (Å²) in [7, 11) is 0. The summed E-state index contributed by atoms with van der Waals surface area (Å²) in [4.78, 5) is 0. The second-order valence-electron chi connectivity index (χ2n) is 4.76. The minimum Gasteiger partial charge on any atom is -0.312 e. The molecule has 0 spiro atoms. The zero-order valence-electron chi connectivity index (χ0n) is 10.7. The molecule has 0 unspecified atom stereocenters. The van der Waals surface area contributed by atoms with E-state index in [-0.39, 0.29) is 0 Å². The smallest absolute Gasteiger partial charge is 0.0790 e. The molecule has 2 rings (SSSR count). The Labute approximate surface area is 113 Å². The van der Waals surface area contributed by atoms with Crippen LogP contribution in [0.4, 0.5) is 0 Å². The van der Waals surface area contributed by atoms with Crippen molar-refractivity contribution < 1.29 is 0 Å². The van der Waals surface area contributed by atoms with Crippen molar-refractivity contribution in [2.45, 2.75) is 20.4 Å². The molecule has 0 saturated heterocycles. The SMILES string of the molecule is CC(C)CNCc1ccccc1-n1cc(Cl)cn1. The van der Waals surface area contributed by atoms with E-state index in [2.05, 4.69) is 36.4 Å². The minimum absolute atomic E-state index is 0.649. The molecule has 0 radical (unpaired) electrons. The Balaban J connectivity index is 2.15. The quantitative estimate of drug-likeness (QED) is 0.897. The van der Waals surface area contributed by atoms with Crippen LogP contribution in [0.5, 0.6) is 0 Å². The van der Waals surface area contributed by atoms with E-state index in [9.17, 15) is 0 Å². The van der Waals surface area contributed by atoms with Gasteiger partial charge in [0.1, 0.15) is 0 Å². The predicted octanol–water partition coefficient (Wildman–Crippen LogP) is 3.27. The van der Waals surface area contributed by atoms with Crippen molar-refractivity contribution in [3.05, 3.63) is 47.2 Å². The number of hydrogen-bond donors (Lipinski definition) is 1. The van der Waals surface area contributed by atoms with Crippen LogP contribution in [0, 0.1) is 5.92 Å². The monoisotopic (exact) mass is 263 g/mol. The molecule has 2 aromatic rings. The third-order valence-electron chi connectivity index (χ3n) is 2.66. The van der Waals surface area contributed by atoms with Crippen molar-refractivity contribution in [2.24, 2.45) is 5.92 Å². The van der Waals surface area contributed by atoms with Gasteiger partial charge in [0.2, 0.25) is 0 Å². The second-order valence-corrected chi connectivity index (χ2v) is 5.19. The number of halogens is 1. The van der Waals surface area contributed by atoms with Gasteiger partial charge in [-0.1, -0.05) is 43.6 Å². The van der Waals surface area contributed by atoms with E-state index in [1.54, 1.807) is 6.20 Å². The molecular weight excluding hydrogens is 246 g/mol. The lowest BCUT2D eigenvalue weighted by atomic mass is 10.1. The summed E-state index contributed by atoms with van der Waals surface area (Å²) in [5.74, 6) is 0.649. The van der Waals surface area contributed by atoms with Gasteiger partial charge in [0.05, 0.1) is 16.9 Å². The van der Waals surface area contributed by atoms with Crippen LogP contribution in [0.1, 0.15) is 19.4 Å². The molecule has 0 amide bonds. The fourth-order valence-corrected chi connectivity index (χ4v) is 1.95. The molecule has 1 N–H and O–H groups in total. The van der Waals surface area contributed by atoms with Gasteiger partial charge in [-0.15, -0.1) is 0 Å². The third-order valence-corrected chi connectivity index (χ3v) is 2.85. The zero-order valence-corrected chi connectivity index (χ0v) is 11.5. The summed E-state index contributed by atoms with van der Waals surface area (Å²) in [6.45, 7) is 6.25. The highest BCUT2D eigenvalue weighted by Gasteiger charge is 2.05. The summed E-state index contributed by atoms with van der Waals surface area (Å²) in [6, 6.07) is 8.21. The lowest BCUT2D eigenvalue weighted by molar-refractivity contribution is 0.551. The van der Waals surface area contributed by atoms with E-state index in [4.69, 9.17) is 11.6 Å². The van der Waals surface area contributed by atoms with Crippen LogP contribution >= 0.6 is 11.6 Å². The number of nitrogens with zero attached hydrogens (tertiary/aromatic N) is 2. The van der Waals surface area contributed by atoms with Crippen LogP contribution in [-0.4, -0.2) is 16.3 Å². The summed E-state index contributed by atoms with van der Waals surface area (Å²) < 4.78 is 1.81. The summed E-state index contributed by atoms with van der Waals surface area (Å²) in [5, 5.41) is 8.34. The van der Waals surface area contributed by atoms with E-state index >= 15 is 0 Å². The van der Waals surface area contributed by atoms with Crippen molar-refractivity contribution in [3.63, 3.8) is 0 Å². The van der Waals surface area contributed by atoms with Gasteiger partial charge in [-0.05, 0) is 24.1 Å². The van der Waals surface area contributed by atoms with E-state index in [0.717, 1.165) is 18.8 Å². The number of aromatic nitrogens is 2. The molecule has 1 aromatic carbocycles.